The van der Waals surface area contributed by atoms with Gasteiger partial charge in [0.15, 0.2) is 5.96 Å². The summed E-state index contributed by atoms with van der Waals surface area (Å²) in [4.78, 5) is 6.84. The van der Waals surface area contributed by atoms with Crippen molar-refractivity contribution in [2.45, 2.75) is 31.5 Å². The van der Waals surface area contributed by atoms with Gasteiger partial charge in [0.25, 0.3) is 0 Å². The highest BCUT2D eigenvalue weighted by Crippen LogP contribution is 2.28. The minimum atomic E-state index is 0. The Hall–Kier alpha value is -2.20. The minimum absolute atomic E-state index is 0. The quantitative estimate of drug-likeness (QED) is 0.313. The number of benzene rings is 2. The molecule has 0 aromatic heterocycles. The Kier molecular flexibility index (Phi) is 8.86. The summed E-state index contributed by atoms with van der Waals surface area (Å²) in [5, 5.41) is 6.99. The lowest BCUT2D eigenvalue weighted by molar-refractivity contribution is 0.234. The van der Waals surface area contributed by atoms with Crippen LogP contribution >= 0.6 is 24.0 Å². The van der Waals surface area contributed by atoms with Crippen LogP contribution in [-0.2, 0) is 13.0 Å². The van der Waals surface area contributed by atoms with Gasteiger partial charge in [-0.3, -0.25) is 9.89 Å². The van der Waals surface area contributed by atoms with Gasteiger partial charge in [-0.25, -0.2) is 0 Å². The highest BCUT2D eigenvalue weighted by Gasteiger charge is 2.25. The first kappa shape index (κ1) is 24.4. The molecule has 2 aromatic carbocycles. The van der Waals surface area contributed by atoms with Crippen molar-refractivity contribution in [3.8, 4) is 17.2 Å². The zero-order valence-corrected chi connectivity index (χ0v) is 21.3. The number of para-hydroxylation sites is 1. The van der Waals surface area contributed by atoms with Crippen molar-refractivity contribution >= 4 is 29.9 Å². The molecule has 2 aliphatic heterocycles. The maximum Gasteiger partial charge on any atom is 0.191 e. The lowest BCUT2D eigenvalue weighted by Crippen LogP contribution is -2.47. The van der Waals surface area contributed by atoms with E-state index >= 15 is 0 Å². The second kappa shape index (κ2) is 11.6. The average molecular weight is 552 g/mol. The van der Waals surface area contributed by atoms with E-state index < -0.39 is 0 Å². The molecular weight excluding hydrogens is 519 g/mol. The molecule has 0 amide bonds. The van der Waals surface area contributed by atoms with E-state index in [9.17, 15) is 0 Å². The summed E-state index contributed by atoms with van der Waals surface area (Å²) < 4.78 is 16.8. The van der Waals surface area contributed by atoms with E-state index in [0.717, 1.165) is 62.2 Å². The van der Waals surface area contributed by atoms with Gasteiger partial charge < -0.3 is 24.8 Å². The number of methoxy groups -OCH3 is 2. The molecule has 32 heavy (non-hydrogen) atoms. The molecule has 0 bridgehead atoms. The molecule has 2 N–H and O–H groups in total. The molecule has 174 valence electrons. The number of aliphatic imine (C=N–C) groups is 1. The van der Waals surface area contributed by atoms with Crippen LogP contribution in [0.1, 0.15) is 17.5 Å². The van der Waals surface area contributed by atoms with Crippen molar-refractivity contribution < 1.29 is 14.2 Å². The monoisotopic (exact) mass is 552 g/mol. The van der Waals surface area contributed by atoms with Gasteiger partial charge in [0, 0.05) is 45.2 Å². The van der Waals surface area contributed by atoms with Gasteiger partial charge in [-0.05, 0) is 35.7 Å². The number of guanidine groups is 1. The standard InChI is InChI=1S/C24H32N4O3.HI/c1-25-24(26-14-22-12-18-6-4-5-7-23(18)31-22)27-19-8-9-28(16-19)15-17-10-20(29-2)13-21(11-17)30-3;/h4-7,10-11,13,19,22H,8-9,12,14-16H2,1-3H3,(H2,25,26,27);1H. The van der Waals surface area contributed by atoms with Crippen molar-refractivity contribution in [2.75, 3.05) is 40.9 Å². The molecule has 4 rings (SSSR count). The number of hydrogen-bond donors (Lipinski definition) is 2. The highest BCUT2D eigenvalue weighted by molar-refractivity contribution is 14.0. The molecule has 2 unspecified atom stereocenters. The Morgan fingerprint density at radius 3 is 2.59 bits per heavy atom. The van der Waals surface area contributed by atoms with Gasteiger partial charge in [-0.15, -0.1) is 24.0 Å². The third kappa shape index (κ3) is 6.19. The van der Waals surface area contributed by atoms with E-state index in [1.165, 1.54) is 11.1 Å². The molecule has 7 nitrogen and oxygen atoms in total. The predicted molar refractivity (Wildman–Crippen MR) is 138 cm³/mol. The number of nitrogens with one attached hydrogen (secondary N) is 2. The first-order chi connectivity index (χ1) is 15.2. The van der Waals surface area contributed by atoms with Gasteiger partial charge >= 0.3 is 0 Å². The first-order valence-corrected chi connectivity index (χ1v) is 10.8. The third-order valence-electron chi connectivity index (χ3n) is 5.87. The van der Waals surface area contributed by atoms with Crippen LogP contribution in [-0.4, -0.2) is 63.9 Å². The average Bonchev–Trinajstić information content (AvgIpc) is 3.42. The van der Waals surface area contributed by atoms with E-state index in [2.05, 4.69) is 44.8 Å². The Morgan fingerprint density at radius 1 is 1.16 bits per heavy atom. The molecule has 2 heterocycles. The number of fused-ring (bicyclic) bond motifs is 1. The fourth-order valence-corrected chi connectivity index (χ4v) is 4.28. The zero-order valence-electron chi connectivity index (χ0n) is 19.0. The maximum atomic E-state index is 6.02. The SMILES string of the molecule is CN=C(NCC1Cc2ccccc2O1)NC1CCN(Cc2cc(OC)cc(OC)c2)C1.I. The summed E-state index contributed by atoms with van der Waals surface area (Å²) in [6.07, 6.45) is 2.15. The number of nitrogens with zero attached hydrogens (tertiary/aromatic N) is 2. The summed E-state index contributed by atoms with van der Waals surface area (Å²) >= 11 is 0. The van der Waals surface area contributed by atoms with Crippen LogP contribution < -0.4 is 24.8 Å². The molecular formula is C24H33IN4O3. The Balaban J connectivity index is 0.00000289. The number of rotatable bonds is 7. The summed E-state index contributed by atoms with van der Waals surface area (Å²) in [5.74, 6) is 3.47. The van der Waals surface area contributed by atoms with Gasteiger partial charge in [-0.1, -0.05) is 18.2 Å². The fourth-order valence-electron chi connectivity index (χ4n) is 4.28. The van der Waals surface area contributed by atoms with Crippen LogP contribution in [0.25, 0.3) is 0 Å². The van der Waals surface area contributed by atoms with E-state index in [1.807, 2.05) is 25.2 Å². The summed E-state index contributed by atoms with van der Waals surface area (Å²) in [6, 6.07) is 14.7. The van der Waals surface area contributed by atoms with E-state index in [4.69, 9.17) is 14.2 Å². The molecule has 8 heteroatoms. The van der Waals surface area contributed by atoms with E-state index in [0.29, 0.717) is 6.04 Å². The molecule has 1 saturated heterocycles. The highest BCUT2D eigenvalue weighted by atomic mass is 127. The van der Waals surface area contributed by atoms with Crippen LogP contribution in [0.15, 0.2) is 47.5 Å². The van der Waals surface area contributed by atoms with Crippen LogP contribution in [0.4, 0.5) is 0 Å². The Bertz CT molecular complexity index is 877. The zero-order chi connectivity index (χ0) is 21.6. The van der Waals surface area contributed by atoms with Gasteiger partial charge in [0.2, 0.25) is 0 Å². The molecule has 0 spiro atoms. The number of likely N-dealkylation sites (tertiary alicyclic amines) is 1. The topological polar surface area (TPSA) is 67.4 Å². The van der Waals surface area contributed by atoms with Crippen molar-refractivity contribution in [3.05, 3.63) is 53.6 Å². The van der Waals surface area contributed by atoms with Gasteiger partial charge in [0.1, 0.15) is 23.4 Å². The van der Waals surface area contributed by atoms with Crippen LogP contribution in [0, 0.1) is 0 Å². The largest absolute Gasteiger partial charge is 0.497 e. The van der Waals surface area contributed by atoms with Crippen molar-refractivity contribution in [1.82, 2.24) is 15.5 Å². The smallest absolute Gasteiger partial charge is 0.191 e. The summed E-state index contributed by atoms with van der Waals surface area (Å²) in [6.45, 7) is 3.60. The van der Waals surface area contributed by atoms with Crippen molar-refractivity contribution in [1.29, 1.82) is 0 Å². The number of hydrogen-bond acceptors (Lipinski definition) is 5. The number of halogens is 1. The second-order valence-electron chi connectivity index (χ2n) is 8.09. The summed E-state index contributed by atoms with van der Waals surface area (Å²) in [5.41, 5.74) is 2.47. The summed E-state index contributed by atoms with van der Waals surface area (Å²) in [7, 11) is 5.18. The van der Waals surface area contributed by atoms with Crippen LogP contribution in [0.3, 0.4) is 0 Å². The Morgan fingerprint density at radius 2 is 1.91 bits per heavy atom. The molecule has 2 aromatic rings. The van der Waals surface area contributed by atoms with Crippen LogP contribution in [0.2, 0.25) is 0 Å². The van der Waals surface area contributed by atoms with Gasteiger partial charge in [0.05, 0.1) is 20.8 Å². The van der Waals surface area contributed by atoms with Crippen LogP contribution in [0.5, 0.6) is 17.2 Å². The first-order valence-electron chi connectivity index (χ1n) is 10.8. The Labute approximate surface area is 207 Å². The minimum Gasteiger partial charge on any atom is -0.497 e. The predicted octanol–water partition coefficient (Wildman–Crippen LogP) is 3.06. The fraction of sp³-hybridized carbons (Fsp3) is 0.458. The lowest BCUT2D eigenvalue weighted by Gasteiger charge is -2.20. The molecule has 2 atom stereocenters. The van der Waals surface area contributed by atoms with E-state index in [-0.39, 0.29) is 30.1 Å². The second-order valence-corrected chi connectivity index (χ2v) is 8.09. The van der Waals surface area contributed by atoms with Crippen molar-refractivity contribution in [2.24, 2.45) is 4.99 Å². The molecule has 0 saturated carbocycles. The number of ether oxygens (including phenoxy) is 3. The molecule has 0 radical (unpaired) electrons. The normalized spacial score (nSPS) is 20.2. The van der Waals surface area contributed by atoms with E-state index in [1.54, 1.807) is 14.2 Å². The third-order valence-corrected chi connectivity index (χ3v) is 5.87. The maximum absolute atomic E-state index is 6.02. The lowest BCUT2D eigenvalue weighted by atomic mass is 10.1. The van der Waals surface area contributed by atoms with Crippen molar-refractivity contribution in [3.63, 3.8) is 0 Å². The molecule has 2 aliphatic rings. The molecule has 0 aliphatic carbocycles. The van der Waals surface area contributed by atoms with Gasteiger partial charge in [-0.2, -0.15) is 0 Å². The molecule has 1 fully saturated rings.